The molecule has 0 spiro atoms. The fraction of sp³-hybridized carbons (Fsp3) is 0.429. The standard InChI is InChI=1S/C21H26ClN3O5/c1-2-3-4-7-11-25-18(21(29)30)13-17(23-25)20(28)24(12-10-19(26)27)14-15-8-5-6-9-16(15)22/h5-6,8-9,13H,2-4,7,10-12,14H2,1H3,(H,26,27)(H,29,30). The van der Waals surface area contributed by atoms with Gasteiger partial charge in [-0.2, -0.15) is 5.10 Å². The second kappa shape index (κ2) is 11.3. The van der Waals surface area contributed by atoms with Crippen molar-refractivity contribution in [3.05, 3.63) is 52.3 Å². The third-order valence-corrected chi connectivity index (χ3v) is 5.01. The molecule has 8 nitrogen and oxygen atoms in total. The molecule has 0 radical (unpaired) electrons. The zero-order valence-electron chi connectivity index (χ0n) is 16.9. The average Bonchev–Trinajstić information content (AvgIpc) is 3.13. The number of hydrogen-bond acceptors (Lipinski definition) is 4. The molecule has 0 aliphatic rings. The minimum Gasteiger partial charge on any atom is -0.481 e. The number of carboxylic acid groups (broad SMARTS) is 2. The van der Waals surface area contributed by atoms with E-state index in [4.69, 9.17) is 16.7 Å². The summed E-state index contributed by atoms with van der Waals surface area (Å²) in [6, 6.07) is 8.21. The topological polar surface area (TPSA) is 113 Å². The monoisotopic (exact) mass is 435 g/mol. The minimum atomic E-state index is -1.17. The number of carboxylic acids is 2. The Morgan fingerprint density at radius 1 is 1.13 bits per heavy atom. The summed E-state index contributed by atoms with van der Waals surface area (Å²) in [5.41, 5.74) is 0.571. The maximum Gasteiger partial charge on any atom is 0.354 e. The van der Waals surface area contributed by atoms with Crippen molar-refractivity contribution in [1.82, 2.24) is 14.7 Å². The van der Waals surface area contributed by atoms with Gasteiger partial charge in [0.15, 0.2) is 5.69 Å². The molecule has 162 valence electrons. The fourth-order valence-corrected chi connectivity index (χ4v) is 3.22. The predicted molar refractivity (Wildman–Crippen MR) is 112 cm³/mol. The Kier molecular flexibility index (Phi) is 8.86. The highest BCUT2D eigenvalue weighted by molar-refractivity contribution is 6.31. The number of hydrogen-bond donors (Lipinski definition) is 2. The number of carbonyl (C=O) groups is 3. The quantitative estimate of drug-likeness (QED) is 0.488. The van der Waals surface area contributed by atoms with Crippen LogP contribution in [0, 0.1) is 0 Å². The summed E-state index contributed by atoms with van der Waals surface area (Å²) in [6.45, 7) is 2.52. The molecule has 1 heterocycles. The van der Waals surface area contributed by atoms with Crippen LogP contribution < -0.4 is 0 Å². The Balaban J connectivity index is 2.25. The lowest BCUT2D eigenvalue weighted by atomic mass is 10.2. The van der Waals surface area contributed by atoms with E-state index in [1.54, 1.807) is 24.3 Å². The number of aromatic nitrogens is 2. The summed E-state index contributed by atoms with van der Waals surface area (Å²) in [7, 11) is 0. The van der Waals surface area contributed by atoms with Crippen molar-refractivity contribution in [3.63, 3.8) is 0 Å². The van der Waals surface area contributed by atoms with Crippen LogP contribution in [0.5, 0.6) is 0 Å². The number of aliphatic carboxylic acids is 1. The van der Waals surface area contributed by atoms with Gasteiger partial charge in [0.25, 0.3) is 5.91 Å². The number of aromatic carboxylic acids is 1. The van der Waals surface area contributed by atoms with Crippen LogP contribution in [0.25, 0.3) is 0 Å². The Morgan fingerprint density at radius 3 is 2.50 bits per heavy atom. The predicted octanol–water partition coefficient (Wildman–Crippen LogP) is 3.93. The third kappa shape index (κ3) is 6.59. The van der Waals surface area contributed by atoms with Gasteiger partial charge in [-0.15, -0.1) is 0 Å². The van der Waals surface area contributed by atoms with Gasteiger partial charge in [-0.1, -0.05) is 56.0 Å². The van der Waals surface area contributed by atoms with E-state index in [9.17, 15) is 19.5 Å². The lowest BCUT2D eigenvalue weighted by molar-refractivity contribution is -0.137. The van der Waals surface area contributed by atoms with Crippen LogP contribution >= 0.6 is 11.6 Å². The van der Waals surface area contributed by atoms with Crippen molar-refractivity contribution >= 4 is 29.4 Å². The summed E-state index contributed by atoms with van der Waals surface area (Å²) >= 11 is 6.18. The van der Waals surface area contributed by atoms with Crippen molar-refractivity contribution in [2.24, 2.45) is 0 Å². The van der Waals surface area contributed by atoms with E-state index in [2.05, 4.69) is 12.0 Å². The second-order valence-corrected chi connectivity index (χ2v) is 7.37. The first-order valence-electron chi connectivity index (χ1n) is 9.89. The molecule has 0 aliphatic heterocycles. The van der Waals surface area contributed by atoms with Crippen LogP contribution in [-0.4, -0.2) is 49.3 Å². The van der Waals surface area contributed by atoms with Crippen LogP contribution in [0.15, 0.2) is 30.3 Å². The summed E-state index contributed by atoms with van der Waals surface area (Å²) in [6.07, 6.45) is 3.53. The highest BCUT2D eigenvalue weighted by Gasteiger charge is 2.24. The van der Waals surface area contributed by atoms with Crippen molar-refractivity contribution in [3.8, 4) is 0 Å². The molecule has 2 N–H and O–H groups in total. The zero-order valence-corrected chi connectivity index (χ0v) is 17.6. The summed E-state index contributed by atoms with van der Waals surface area (Å²) in [5, 5.41) is 23.2. The second-order valence-electron chi connectivity index (χ2n) is 6.97. The van der Waals surface area contributed by atoms with E-state index in [0.29, 0.717) is 17.1 Å². The summed E-state index contributed by atoms with van der Waals surface area (Å²) in [4.78, 5) is 37.0. The van der Waals surface area contributed by atoms with Gasteiger partial charge in [0.05, 0.1) is 6.42 Å². The normalized spacial score (nSPS) is 10.7. The number of rotatable bonds is 12. The van der Waals surface area contributed by atoms with E-state index < -0.39 is 17.8 Å². The Morgan fingerprint density at radius 2 is 1.87 bits per heavy atom. The molecule has 2 aromatic rings. The SMILES string of the molecule is CCCCCCn1nc(C(=O)N(CCC(=O)O)Cc2ccccc2Cl)cc1C(=O)O. The number of halogens is 1. The van der Waals surface area contributed by atoms with Crippen LogP contribution in [-0.2, 0) is 17.9 Å². The Labute approximate surface area is 180 Å². The van der Waals surface area contributed by atoms with Gasteiger partial charge < -0.3 is 15.1 Å². The van der Waals surface area contributed by atoms with Crippen LogP contribution in [0.2, 0.25) is 5.02 Å². The first-order chi connectivity index (χ1) is 14.3. The largest absolute Gasteiger partial charge is 0.481 e. The van der Waals surface area contributed by atoms with Gasteiger partial charge in [0.2, 0.25) is 0 Å². The highest BCUT2D eigenvalue weighted by atomic mass is 35.5. The maximum absolute atomic E-state index is 13.1. The summed E-state index contributed by atoms with van der Waals surface area (Å²) in [5.74, 6) is -2.74. The molecule has 0 fully saturated rings. The first kappa shape index (κ1) is 23.4. The molecule has 0 unspecified atom stereocenters. The van der Waals surface area contributed by atoms with Gasteiger partial charge in [0, 0.05) is 30.7 Å². The van der Waals surface area contributed by atoms with Gasteiger partial charge >= 0.3 is 11.9 Å². The zero-order chi connectivity index (χ0) is 22.1. The highest BCUT2D eigenvalue weighted by Crippen LogP contribution is 2.19. The summed E-state index contributed by atoms with van der Waals surface area (Å²) < 4.78 is 1.33. The molecule has 9 heteroatoms. The van der Waals surface area contributed by atoms with Gasteiger partial charge in [0.1, 0.15) is 5.69 Å². The number of unbranched alkanes of at least 4 members (excludes halogenated alkanes) is 3. The smallest absolute Gasteiger partial charge is 0.354 e. The molecule has 1 amide bonds. The first-order valence-corrected chi connectivity index (χ1v) is 10.3. The number of nitrogens with zero attached hydrogens (tertiary/aromatic N) is 3. The number of aryl methyl sites for hydroxylation is 1. The fourth-order valence-electron chi connectivity index (χ4n) is 3.03. The molecule has 0 saturated heterocycles. The minimum absolute atomic E-state index is 0.0275. The molecular weight excluding hydrogens is 410 g/mol. The van der Waals surface area contributed by atoms with E-state index in [1.165, 1.54) is 15.6 Å². The molecule has 30 heavy (non-hydrogen) atoms. The number of benzene rings is 1. The molecular formula is C21H26ClN3O5. The molecule has 0 saturated carbocycles. The van der Waals surface area contributed by atoms with Gasteiger partial charge in [-0.3, -0.25) is 14.3 Å². The van der Waals surface area contributed by atoms with E-state index in [-0.39, 0.29) is 30.9 Å². The van der Waals surface area contributed by atoms with Gasteiger partial charge in [-0.25, -0.2) is 4.79 Å². The maximum atomic E-state index is 13.1. The van der Waals surface area contributed by atoms with Crippen LogP contribution in [0.3, 0.4) is 0 Å². The van der Waals surface area contributed by atoms with Crippen LogP contribution in [0.1, 0.15) is 65.6 Å². The molecule has 2 rings (SSSR count). The van der Waals surface area contributed by atoms with Crippen molar-refractivity contribution < 1.29 is 24.6 Å². The number of carbonyl (C=O) groups excluding carboxylic acids is 1. The molecule has 0 atom stereocenters. The Bertz CT molecular complexity index is 897. The van der Waals surface area contributed by atoms with Crippen LogP contribution in [0.4, 0.5) is 0 Å². The van der Waals surface area contributed by atoms with Crippen molar-refractivity contribution in [1.29, 1.82) is 0 Å². The molecule has 1 aromatic heterocycles. The van der Waals surface area contributed by atoms with E-state index >= 15 is 0 Å². The third-order valence-electron chi connectivity index (χ3n) is 4.64. The molecule has 1 aromatic carbocycles. The van der Waals surface area contributed by atoms with Gasteiger partial charge in [-0.05, 0) is 18.1 Å². The van der Waals surface area contributed by atoms with Crippen molar-refractivity contribution in [2.75, 3.05) is 6.54 Å². The van der Waals surface area contributed by atoms with E-state index in [1.807, 2.05) is 0 Å². The molecule has 0 bridgehead atoms. The molecule has 0 aliphatic carbocycles. The average molecular weight is 436 g/mol. The van der Waals surface area contributed by atoms with Crippen molar-refractivity contribution in [2.45, 2.75) is 52.1 Å². The van der Waals surface area contributed by atoms with E-state index in [0.717, 1.165) is 25.7 Å². The number of amides is 1. The Hall–Kier alpha value is -2.87. The lowest BCUT2D eigenvalue weighted by Gasteiger charge is -2.21. The lowest BCUT2D eigenvalue weighted by Crippen LogP contribution is -2.33.